The standard InChI is InChI=1S/C14H14Cl2N4O5/c1-14(22,7-19-6-11(20(23)24)18-12(19)16)8-25-13(21)17-10-4-2-9(15)3-5-10/h2-6,22H,7-8H2,1H3,(H,17,21)/t14-/m1/s1. The van der Waals surface area contributed by atoms with E-state index in [4.69, 9.17) is 27.9 Å². The minimum absolute atomic E-state index is 0.152. The van der Waals surface area contributed by atoms with Gasteiger partial charge < -0.3 is 20.0 Å². The number of carbonyl (C=O) groups is 1. The SMILES string of the molecule is C[C@](O)(COC(=O)Nc1ccc(Cl)cc1)Cn1cc([N+](=O)[O-])nc1Cl. The maximum absolute atomic E-state index is 11.7. The van der Waals surface area contributed by atoms with Gasteiger partial charge in [-0.25, -0.2) is 4.79 Å². The van der Waals surface area contributed by atoms with E-state index in [1.54, 1.807) is 24.3 Å². The molecule has 0 aliphatic heterocycles. The van der Waals surface area contributed by atoms with E-state index in [1.807, 2.05) is 0 Å². The molecule has 0 aliphatic carbocycles. The molecule has 11 heteroatoms. The number of halogens is 2. The smallest absolute Gasteiger partial charge is 0.411 e. The maximum Gasteiger partial charge on any atom is 0.411 e. The van der Waals surface area contributed by atoms with Crippen LogP contribution in [0.4, 0.5) is 16.3 Å². The Hall–Kier alpha value is -2.36. The lowest BCUT2D eigenvalue weighted by Crippen LogP contribution is -2.37. The molecule has 0 fully saturated rings. The summed E-state index contributed by atoms with van der Waals surface area (Å²) in [6.07, 6.45) is 0.315. The molecule has 0 unspecified atom stereocenters. The van der Waals surface area contributed by atoms with Gasteiger partial charge in [0.1, 0.15) is 18.4 Å². The summed E-state index contributed by atoms with van der Waals surface area (Å²) >= 11 is 11.5. The number of nitrogens with one attached hydrogen (secondary N) is 1. The molecule has 1 amide bonds. The molecule has 1 aromatic heterocycles. The number of rotatable bonds is 6. The van der Waals surface area contributed by atoms with Gasteiger partial charge in [-0.3, -0.25) is 9.88 Å². The van der Waals surface area contributed by atoms with Crippen LogP contribution in [0.25, 0.3) is 0 Å². The number of hydrogen-bond donors (Lipinski definition) is 2. The number of carbonyl (C=O) groups excluding carboxylic acids is 1. The summed E-state index contributed by atoms with van der Waals surface area (Å²) < 4.78 is 6.16. The Morgan fingerprint density at radius 3 is 2.64 bits per heavy atom. The Kier molecular flexibility index (Phi) is 5.83. The molecule has 0 spiro atoms. The lowest BCUT2D eigenvalue weighted by atomic mass is 10.1. The molecule has 1 heterocycles. The normalized spacial score (nSPS) is 13.1. The molecule has 0 radical (unpaired) electrons. The third-order valence-electron chi connectivity index (χ3n) is 3.02. The molecule has 9 nitrogen and oxygen atoms in total. The lowest BCUT2D eigenvalue weighted by molar-refractivity contribution is -0.389. The average molecular weight is 389 g/mol. The van der Waals surface area contributed by atoms with Crippen LogP contribution < -0.4 is 5.32 Å². The van der Waals surface area contributed by atoms with E-state index in [1.165, 1.54) is 11.5 Å². The number of benzene rings is 1. The van der Waals surface area contributed by atoms with Crippen molar-refractivity contribution < 1.29 is 19.6 Å². The van der Waals surface area contributed by atoms with Gasteiger partial charge >= 0.3 is 17.2 Å². The first-order chi connectivity index (χ1) is 11.7. The van der Waals surface area contributed by atoms with Gasteiger partial charge in [-0.1, -0.05) is 11.6 Å². The van der Waals surface area contributed by atoms with Crippen LogP contribution in [0.3, 0.4) is 0 Å². The fourth-order valence-corrected chi connectivity index (χ4v) is 2.22. The van der Waals surface area contributed by atoms with Crippen LogP contribution in [-0.4, -0.2) is 37.9 Å². The molecule has 2 N–H and O–H groups in total. The largest absolute Gasteiger partial charge is 0.446 e. The number of hydrogen-bond acceptors (Lipinski definition) is 6. The second-order valence-electron chi connectivity index (χ2n) is 5.46. The van der Waals surface area contributed by atoms with E-state index in [-0.39, 0.29) is 18.4 Å². The number of imidazole rings is 1. The van der Waals surface area contributed by atoms with Crippen molar-refractivity contribution in [2.75, 3.05) is 11.9 Å². The second-order valence-corrected chi connectivity index (χ2v) is 6.23. The summed E-state index contributed by atoms with van der Waals surface area (Å²) in [7, 11) is 0. The number of nitro groups is 1. The number of aliphatic hydroxyl groups is 1. The monoisotopic (exact) mass is 388 g/mol. The summed E-state index contributed by atoms with van der Waals surface area (Å²) in [6.45, 7) is 0.875. The van der Waals surface area contributed by atoms with Crippen molar-refractivity contribution in [1.29, 1.82) is 0 Å². The molecule has 0 bridgehead atoms. The molecule has 0 aliphatic rings. The van der Waals surface area contributed by atoms with Crippen LogP contribution in [0.5, 0.6) is 0 Å². The van der Waals surface area contributed by atoms with Crippen molar-refractivity contribution in [3.8, 4) is 0 Å². The van der Waals surface area contributed by atoms with Crippen molar-refractivity contribution >= 4 is 40.8 Å². The number of anilines is 1. The third kappa shape index (κ3) is 5.59. The van der Waals surface area contributed by atoms with E-state index in [0.29, 0.717) is 10.7 Å². The Bertz CT molecular complexity index is 776. The Balaban J connectivity index is 1.91. The van der Waals surface area contributed by atoms with Gasteiger partial charge in [0.25, 0.3) is 0 Å². The molecule has 2 aromatic rings. The van der Waals surface area contributed by atoms with Gasteiger partial charge in [0.2, 0.25) is 0 Å². The zero-order valence-electron chi connectivity index (χ0n) is 13.0. The lowest BCUT2D eigenvalue weighted by Gasteiger charge is -2.23. The van der Waals surface area contributed by atoms with Crippen LogP contribution in [-0.2, 0) is 11.3 Å². The van der Waals surface area contributed by atoms with Crippen LogP contribution in [0.15, 0.2) is 30.5 Å². The topological polar surface area (TPSA) is 120 Å². The van der Waals surface area contributed by atoms with Gasteiger partial charge in [0.05, 0.1) is 6.54 Å². The summed E-state index contributed by atoms with van der Waals surface area (Å²) in [5.74, 6) is -0.442. The highest BCUT2D eigenvalue weighted by Gasteiger charge is 2.27. The second kappa shape index (κ2) is 7.68. The molecular formula is C14H14Cl2N4O5. The number of amides is 1. The molecule has 2 rings (SSSR count). The van der Waals surface area contributed by atoms with Crippen molar-refractivity contribution in [3.63, 3.8) is 0 Å². The van der Waals surface area contributed by atoms with Crippen molar-refractivity contribution in [1.82, 2.24) is 9.55 Å². The van der Waals surface area contributed by atoms with E-state index in [2.05, 4.69) is 10.3 Å². The average Bonchev–Trinajstić information content (AvgIpc) is 2.88. The van der Waals surface area contributed by atoms with E-state index < -0.39 is 22.4 Å². The predicted octanol–water partition coefficient (Wildman–Crippen LogP) is 3.10. The summed E-state index contributed by atoms with van der Waals surface area (Å²) in [6, 6.07) is 6.38. The molecule has 1 atom stereocenters. The molecule has 1 aromatic carbocycles. The highest BCUT2D eigenvalue weighted by molar-refractivity contribution is 6.30. The van der Waals surface area contributed by atoms with E-state index >= 15 is 0 Å². The molecule has 25 heavy (non-hydrogen) atoms. The molecule has 0 saturated carbocycles. The number of nitrogens with zero attached hydrogens (tertiary/aromatic N) is 3. The van der Waals surface area contributed by atoms with Gasteiger partial charge in [-0.15, -0.1) is 0 Å². The molecule has 0 saturated heterocycles. The number of aromatic nitrogens is 2. The Morgan fingerprint density at radius 1 is 1.44 bits per heavy atom. The van der Waals surface area contributed by atoms with Gasteiger partial charge in [-0.2, -0.15) is 0 Å². The fourth-order valence-electron chi connectivity index (χ4n) is 1.90. The first-order valence-corrected chi connectivity index (χ1v) is 7.71. The van der Waals surface area contributed by atoms with E-state index in [9.17, 15) is 20.0 Å². The first-order valence-electron chi connectivity index (χ1n) is 6.95. The fraction of sp³-hybridized carbons (Fsp3) is 0.286. The van der Waals surface area contributed by atoms with Crippen molar-refractivity contribution in [2.45, 2.75) is 19.1 Å². The van der Waals surface area contributed by atoms with Gasteiger partial charge in [0, 0.05) is 10.7 Å². The summed E-state index contributed by atoms with van der Waals surface area (Å²) in [4.78, 5) is 25.2. The highest BCUT2D eigenvalue weighted by atomic mass is 35.5. The van der Waals surface area contributed by atoms with Crippen molar-refractivity contribution in [2.24, 2.45) is 0 Å². The maximum atomic E-state index is 11.7. The zero-order valence-corrected chi connectivity index (χ0v) is 14.5. The predicted molar refractivity (Wildman–Crippen MR) is 90.9 cm³/mol. The Labute approximate surface area is 152 Å². The third-order valence-corrected chi connectivity index (χ3v) is 3.57. The molecule has 134 valence electrons. The minimum atomic E-state index is -1.52. The summed E-state index contributed by atoms with van der Waals surface area (Å²) in [5.41, 5.74) is -1.04. The van der Waals surface area contributed by atoms with Crippen LogP contribution in [0.2, 0.25) is 10.3 Å². The van der Waals surface area contributed by atoms with Gasteiger partial charge in [-0.05, 0) is 52.7 Å². The number of ether oxygens (including phenoxy) is 1. The van der Waals surface area contributed by atoms with Crippen LogP contribution >= 0.6 is 23.2 Å². The van der Waals surface area contributed by atoms with Gasteiger partial charge in [0.15, 0.2) is 0 Å². The Morgan fingerprint density at radius 2 is 2.08 bits per heavy atom. The zero-order chi connectivity index (χ0) is 18.6. The first kappa shape index (κ1) is 19.0. The molecular weight excluding hydrogens is 375 g/mol. The minimum Gasteiger partial charge on any atom is -0.446 e. The van der Waals surface area contributed by atoms with Crippen LogP contribution in [0, 0.1) is 10.1 Å². The van der Waals surface area contributed by atoms with E-state index in [0.717, 1.165) is 6.20 Å². The van der Waals surface area contributed by atoms with Crippen LogP contribution in [0.1, 0.15) is 6.92 Å². The summed E-state index contributed by atoms with van der Waals surface area (Å²) in [5, 5.41) is 23.8. The quantitative estimate of drug-likeness (QED) is 0.579. The van der Waals surface area contributed by atoms with Crippen molar-refractivity contribution in [3.05, 3.63) is 50.9 Å². The highest BCUT2D eigenvalue weighted by Crippen LogP contribution is 2.19.